The summed E-state index contributed by atoms with van der Waals surface area (Å²) < 4.78 is 23.6. The first-order valence-corrected chi connectivity index (χ1v) is 8.45. The van der Waals surface area contributed by atoms with Gasteiger partial charge in [-0.2, -0.15) is 0 Å². The quantitative estimate of drug-likeness (QED) is 0.720. The van der Waals surface area contributed by atoms with Crippen molar-refractivity contribution in [3.63, 3.8) is 0 Å². The Labute approximate surface area is 120 Å². The molecule has 1 aromatic carbocycles. The van der Waals surface area contributed by atoms with Crippen LogP contribution >= 0.6 is 0 Å². The zero-order chi connectivity index (χ0) is 15.0. The van der Waals surface area contributed by atoms with Crippen LogP contribution in [-0.2, 0) is 21.2 Å². The molecule has 112 valence electrons. The van der Waals surface area contributed by atoms with Crippen molar-refractivity contribution >= 4 is 15.7 Å². The van der Waals surface area contributed by atoms with Gasteiger partial charge >= 0.3 is 0 Å². The normalized spacial score (nSPS) is 11.3. The smallest absolute Gasteiger partial charge is 0.237 e. The maximum absolute atomic E-state index is 11.9. The molecule has 0 aliphatic heterocycles. The predicted molar refractivity (Wildman–Crippen MR) is 79.9 cm³/mol. The summed E-state index contributed by atoms with van der Waals surface area (Å²) in [5.74, 6) is -0.780. The summed E-state index contributed by atoms with van der Waals surface area (Å²) in [4.78, 5) is 13.4. The lowest BCUT2D eigenvalue weighted by Crippen LogP contribution is -2.33. The minimum absolute atomic E-state index is 0.0229. The van der Waals surface area contributed by atoms with Gasteiger partial charge in [-0.3, -0.25) is 4.79 Å². The number of carbonyl (C=O) groups excluding carboxylic acids is 1. The zero-order valence-corrected chi connectivity index (χ0v) is 12.6. The van der Waals surface area contributed by atoms with Crippen molar-refractivity contribution in [3.05, 3.63) is 35.9 Å². The molecule has 0 fully saturated rings. The van der Waals surface area contributed by atoms with Crippen LogP contribution in [0.5, 0.6) is 0 Å². The Kier molecular flexibility index (Phi) is 6.67. The monoisotopic (exact) mass is 298 g/mol. The largest absolute Gasteiger partial charge is 0.341 e. The average molecular weight is 298 g/mol. The van der Waals surface area contributed by atoms with Gasteiger partial charge < -0.3 is 10.6 Å². The number of sulfone groups is 1. The van der Waals surface area contributed by atoms with Gasteiger partial charge in [-0.25, -0.2) is 8.42 Å². The Hall–Kier alpha value is -1.40. The second kappa shape index (κ2) is 8.01. The van der Waals surface area contributed by atoms with Crippen molar-refractivity contribution in [2.75, 3.05) is 25.1 Å². The minimum Gasteiger partial charge on any atom is -0.341 e. The number of carbonyl (C=O) groups is 1. The summed E-state index contributed by atoms with van der Waals surface area (Å²) in [5.41, 5.74) is 6.30. The van der Waals surface area contributed by atoms with Crippen molar-refractivity contribution in [1.29, 1.82) is 0 Å². The molecule has 1 amide bonds. The fourth-order valence-corrected chi connectivity index (χ4v) is 3.17. The van der Waals surface area contributed by atoms with E-state index in [1.54, 1.807) is 7.05 Å². The lowest BCUT2D eigenvalue weighted by Gasteiger charge is -2.17. The van der Waals surface area contributed by atoms with E-state index in [9.17, 15) is 13.2 Å². The molecule has 0 aliphatic rings. The van der Waals surface area contributed by atoms with Gasteiger partial charge in [0.1, 0.15) is 5.75 Å². The summed E-state index contributed by atoms with van der Waals surface area (Å²) in [5, 5.41) is 0. The van der Waals surface area contributed by atoms with Crippen LogP contribution in [0.15, 0.2) is 30.3 Å². The molecule has 0 radical (unpaired) electrons. The molecule has 5 nitrogen and oxygen atoms in total. The Morgan fingerprint density at radius 2 is 1.85 bits per heavy atom. The summed E-state index contributed by atoms with van der Waals surface area (Å²) in [6, 6.07) is 9.47. The van der Waals surface area contributed by atoms with Crippen LogP contribution in [0.3, 0.4) is 0 Å². The third kappa shape index (κ3) is 6.16. The number of hydrogen-bond donors (Lipinski definition) is 1. The van der Waals surface area contributed by atoms with E-state index in [4.69, 9.17) is 5.73 Å². The van der Waals surface area contributed by atoms with Gasteiger partial charge in [0.05, 0.1) is 5.75 Å². The van der Waals surface area contributed by atoms with Crippen LogP contribution in [-0.4, -0.2) is 44.3 Å². The van der Waals surface area contributed by atoms with Crippen molar-refractivity contribution in [2.24, 2.45) is 5.73 Å². The highest BCUT2D eigenvalue weighted by Gasteiger charge is 2.19. The maximum Gasteiger partial charge on any atom is 0.237 e. The molecule has 1 aromatic rings. The zero-order valence-electron chi connectivity index (χ0n) is 11.8. The second-order valence-corrected chi connectivity index (χ2v) is 7.01. The van der Waals surface area contributed by atoms with Crippen LogP contribution < -0.4 is 5.73 Å². The standard InChI is InChI=1S/C14H22N2O3S/c1-16(11-13-7-3-2-4-8-13)14(17)12-20(18,19)10-6-5-9-15/h2-4,7-8H,5-6,9-12,15H2,1H3. The molecule has 0 aliphatic carbocycles. The highest BCUT2D eigenvalue weighted by molar-refractivity contribution is 7.92. The highest BCUT2D eigenvalue weighted by Crippen LogP contribution is 2.05. The molecule has 0 unspecified atom stereocenters. The Balaban J connectivity index is 2.49. The van der Waals surface area contributed by atoms with E-state index in [-0.39, 0.29) is 11.7 Å². The van der Waals surface area contributed by atoms with Gasteiger partial charge in [-0.15, -0.1) is 0 Å². The number of nitrogens with two attached hydrogens (primary N) is 1. The molecule has 6 heteroatoms. The first kappa shape index (κ1) is 16.7. The van der Waals surface area contributed by atoms with Gasteiger partial charge in [0.25, 0.3) is 0 Å². The molecular formula is C14H22N2O3S. The Bertz CT molecular complexity index is 514. The van der Waals surface area contributed by atoms with E-state index in [1.807, 2.05) is 30.3 Å². The summed E-state index contributed by atoms with van der Waals surface area (Å²) in [6.45, 7) is 0.884. The highest BCUT2D eigenvalue weighted by atomic mass is 32.2. The SMILES string of the molecule is CN(Cc1ccccc1)C(=O)CS(=O)(=O)CCCCN. The summed E-state index contributed by atoms with van der Waals surface area (Å²) in [6.07, 6.45) is 1.17. The van der Waals surface area contributed by atoms with E-state index in [2.05, 4.69) is 0 Å². The van der Waals surface area contributed by atoms with E-state index >= 15 is 0 Å². The lowest BCUT2D eigenvalue weighted by molar-refractivity contribution is -0.127. The second-order valence-electron chi connectivity index (χ2n) is 4.82. The molecular weight excluding hydrogens is 276 g/mol. The molecule has 0 heterocycles. The van der Waals surface area contributed by atoms with Gasteiger partial charge in [0, 0.05) is 13.6 Å². The number of nitrogens with zero attached hydrogens (tertiary/aromatic N) is 1. The van der Waals surface area contributed by atoms with Crippen molar-refractivity contribution in [3.8, 4) is 0 Å². The molecule has 0 atom stereocenters. The fraction of sp³-hybridized carbons (Fsp3) is 0.500. The average Bonchev–Trinajstić information content (AvgIpc) is 2.39. The molecule has 0 spiro atoms. The van der Waals surface area contributed by atoms with E-state index in [0.717, 1.165) is 5.56 Å². The van der Waals surface area contributed by atoms with Gasteiger partial charge in [0.15, 0.2) is 9.84 Å². The number of rotatable bonds is 8. The summed E-state index contributed by atoms with van der Waals surface area (Å²) in [7, 11) is -1.72. The first-order valence-electron chi connectivity index (χ1n) is 6.63. The van der Waals surface area contributed by atoms with Gasteiger partial charge in [0.2, 0.25) is 5.91 Å². The molecule has 0 aromatic heterocycles. The molecule has 20 heavy (non-hydrogen) atoms. The number of amides is 1. The number of benzene rings is 1. The van der Waals surface area contributed by atoms with Crippen molar-refractivity contribution in [2.45, 2.75) is 19.4 Å². The Morgan fingerprint density at radius 1 is 1.20 bits per heavy atom. The third-order valence-corrected chi connectivity index (χ3v) is 4.54. The van der Waals surface area contributed by atoms with E-state index < -0.39 is 15.6 Å². The fourth-order valence-electron chi connectivity index (χ4n) is 1.78. The first-order chi connectivity index (χ1) is 9.44. The van der Waals surface area contributed by atoms with Gasteiger partial charge in [-0.1, -0.05) is 30.3 Å². The molecule has 1 rings (SSSR count). The number of hydrogen-bond acceptors (Lipinski definition) is 4. The van der Waals surface area contributed by atoms with Crippen molar-refractivity contribution in [1.82, 2.24) is 4.90 Å². The van der Waals surface area contributed by atoms with E-state index in [1.165, 1.54) is 4.90 Å². The summed E-state index contributed by atoms with van der Waals surface area (Å²) >= 11 is 0. The van der Waals surface area contributed by atoms with Crippen LogP contribution in [0, 0.1) is 0 Å². The maximum atomic E-state index is 11.9. The lowest BCUT2D eigenvalue weighted by atomic mass is 10.2. The molecule has 0 bridgehead atoms. The Morgan fingerprint density at radius 3 is 2.45 bits per heavy atom. The topological polar surface area (TPSA) is 80.5 Å². The van der Waals surface area contributed by atoms with E-state index in [0.29, 0.717) is 25.9 Å². The van der Waals surface area contributed by atoms with Crippen LogP contribution in [0.25, 0.3) is 0 Å². The molecule has 2 N–H and O–H groups in total. The molecule has 0 saturated carbocycles. The van der Waals surface area contributed by atoms with Crippen LogP contribution in [0.2, 0.25) is 0 Å². The van der Waals surface area contributed by atoms with Crippen LogP contribution in [0.1, 0.15) is 18.4 Å². The molecule has 0 saturated heterocycles. The number of unbranched alkanes of at least 4 members (excludes halogenated alkanes) is 1. The van der Waals surface area contributed by atoms with Crippen molar-refractivity contribution < 1.29 is 13.2 Å². The van der Waals surface area contributed by atoms with Gasteiger partial charge in [-0.05, 0) is 24.9 Å². The van der Waals surface area contributed by atoms with Crippen LogP contribution in [0.4, 0.5) is 0 Å². The minimum atomic E-state index is -3.34. The predicted octanol–water partition coefficient (Wildman–Crippen LogP) is 0.799. The third-order valence-electron chi connectivity index (χ3n) is 2.94.